The number of piperidine rings is 1. The minimum atomic E-state index is -0.244. The highest BCUT2D eigenvalue weighted by Crippen LogP contribution is 2.33. The number of pyridine rings is 1. The van der Waals surface area contributed by atoms with Crippen molar-refractivity contribution in [2.75, 3.05) is 13.1 Å². The summed E-state index contributed by atoms with van der Waals surface area (Å²) >= 11 is 1.38. The van der Waals surface area contributed by atoms with Gasteiger partial charge in [-0.15, -0.1) is 5.10 Å². The van der Waals surface area contributed by atoms with Crippen LogP contribution in [0.3, 0.4) is 0 Å². The van der Waals surface area contributed by atoms with Crippen LogP contribution in [0.5, 0.6) is 5.88 Å². The quantitative estimate of drug-likeness (QED) is 0.416. The Morgan fingerprint density at radius 3 is 2.76 bits per heavy atom. The average molecular weight is 460 g/mol. The normalized spacial score (nSPS) is 15.3. The van der Waals surface area contributed by atoms with E-state index in [1.54, 1.807) is 15.5 Å². The first-order valence-electron chi connectivity index (χ1n) is 10.6. The number of nitrogens with zero attached hydrogens (tertiary/aromatic N) is 9. The van der Waals surface area contributed by atoms with Crippen molar-refractivity contribution in [2.45, 2.75) is 38.8 Å². The number of hydrogen-bond acceptors (Lipinski definition) is 9. The second-order valence-electron chi connectivity index (χ2n) is 7.99. The predicted octanol–water partition coefficient (Wildman–Crippen LogP) is 3.49. The first kappa shape index (κ1) is 20.9. The van der Waals surface area contributed by atoms with Crippen molar-refractivity contribution in [3.63, 3.8) is 0 Å². The van der Waals surface area contributed by atoms with Crippen LogP contribution >= 0.6 is 11.5 Å². The van der Waals surface area contributed by atoms with Crippen molar-refractivity contribution >= 4 is 17.2 Å². The van der Waals surface area contributed by atoms with Crippen LogP contribution in [-0.2, 0) is 0 Å². The van der Waals surface area contributed by atoms with Gasteiger partial charge in [0.05, 0.1) is 22.8 Å². The molecule has 1 unspecified atom stereocenters. The lowest BCUT2D eigenvalue weighted by molar-refractivity contribution is 0.218. The maximum atomic E-state index is 9.56. The standard InChI is InChI=1S/C22H21N9OS/c1-14-22(27-28-31(14)17-4-7-29(13-24)8-5-17)16-9-20-25-12-18(11-23)30(20)21(10-16)32-15(2)19-3-6-26-33-19/h3,6,9-10,12,15,17H,4-5,7-8H2,1-2H3. The van der Waals surface area contributed by atoms with Gasteiger partial charge in [-0.25, -0.2) is 14.0 Å². The Morgan fingerprint density at radius 1 is 1.24 bits per heavy atom. The van der Waals surface area contributed by atoms with E-state index >= 15 is 0 Å². The number of likely N-dealkylation sites (tertiary alicyclic amines) is 1. The third-order valence-electron chi connectivity index (χ3n) is 6.00. The summed E-state index contributed by atoms with van der Waals surface area (Å²) in [6, 6.07) is 8.08. The fourth-order valence-electron chi connectivity index (χ4n) is 4.22. The van der Waals surface area contributed by atoms with Crippen LogP contribution in [0.1, 0.15) is 48.2 Å². The number of imidazole rings is 1. The first-order valence-corrected chi connectivity index (χ1v) is 11.4. The van der Waals surface area contributed by atoms with Crippen molar-refractivity contribution in [1.82, 2.24) is 33.7 Å². The van der Waals surface area contributed by atoms with Gasteiger partial charge in [0.2, 0.25) is 5.88 Å². The summed E-state index contributed by atoms with van der Waals surface area (Å²) < 4.78 is 14.1. The van der Waals surface area contributed by atoms with E-state index in [0.717, 1.165) is 47.8 Å². The maximum Gasteiger partial charge on any atom is 0.201 e. The molecule has 5 rings (SSSR count). The molecule has 0 amide bonds. The number of hydrogen-bond donors (Lipinski definition) is 0. The molecule has 0 spiro atoms. The Hall–Kier alpha value is -3.96. The molecule has 0 bridgehead atoms. The smallest absolute Gasteiger partial charge is 0.201 e. The molecule has 5 heterocycles. The maximum absolute atomic E-state index is 9.56. The molecule has 0 saturated carbocycles. The van der Waals surface area contributed by atoms with E-state index in [0.29, 0.717) is 17.2 Å². The monoisotopic (exact) mass is 459 g/mol. The van der Waals surface area contributed by atoms with Crippen molar-refractivity contribution in [1.29, 1.82) is 10.5 Å². The molecule has 1 fully saturated rings. The number of fused-ring (bicyclic) bond motifs is 1. The van der Waals surface area contributed by atoms with Crippen LogP contribution in [0.4, 0.5) is 0 Å². The zero-order chi connectivity index (χ0) is 22.9. The molecule has 0 radical (unpaired) electrons. The molecule has 166 valence electrons. The highest BCUT2D eigenvalue weighted by molar-refractivity contribution is 7.05. The van der Waals surface area contributed by atoms with E-state index in [4.69, 9.17) is 10.00 Å². The van der Waals surface area contributed by atoms with Crippen molar-refractivity contribution in [3.05, 3.63) is 46.9 Å². The third kappa shape index (κ3) is 3.77. The molecular formula is C22H21N9OS. The Kier molecular flexibility index (Phi) is 5.40. The molecule has 1 aliphatic heterocycles. The van der Waals surface area contributed by atoms with Gasteiger partial charge in [-0.2, -0.15) is 10.5 Å². The van der Waals surface area contributed by atoms with Crippen molar-refractivity contribution in [2.24, 2.45) is 0 Å². The van der Waals surface area contributed by atoms with Gasteiger partial charge in [0, 0.05) is 30.9 Å². The minimum Gasteiger partial charge on any atom is -0.470 e. The molecule has 0 aliphatic carbocycles. The van der Waals surface area contributed by atoms with Crippen LogP contribution in [0.15, 0.2) is 30.6 Å². The van der Waals surface area contributed by atoms with E-state index in [9.17, 15) is 5.26 Å². The number of ether oxygens (including phenoxy) is 1. The lowest BCUT2D eigenvalue weighted by atomic mass is 10.0. The van der Waals surface area contributed by atoms with Crippen LogP contribution in [0.25, 0.3) is 16.9 Å². The molecule has 10 nitrogen and oxygen atoms in total. The SMILES string of the molecule is Cc1c(-c2cc(OC(C)c3ccns3)n3c(C#N)cnc3c2)nnn1C1CCN(C#N)CC1. The Labute approximate surface area is 194 Å². The number of aromatic nitrogens is 6. The molecule has 33 heavy (non-hydrogen) atoms. The molecule has 4 aromatic rings. The lowest BCUT2D eigenvalue weighted by Gasteiger charge is -2.28. The molecule has 1 atom stereocenters. The zero-order valence-electron chi connectivity index (χ0n) is 18.2. The Bertz CT molecular complexity index is 1370. The topological polar surface area (TPSA) is 121 Å². The van der Waals surface area contributed by atoms with Gasteiger partial charge in [0.25, 0.3) is 0 Å². The summed E-state index contributed by atoms with van der Waals surface area (Å²) in [5, 5.41) is 27.6. The molecule has 4 aromatic heterocycles. The Balaban J connectivity index is 1.52. The largest absolute Gasteiger partial charge is 0.470 e. The lowest BCUT2D eigenvalue weighted by Crippen LogP contribution is -2.31. The van der Waals surface area contributed by atoms with Gasteiger partial charge in [0.15, 0.2) is 6.19 Å². The second-order valence-corrected chi connectivity index (χ2v) is 8.86. The van der Waals surface area contributed by atoms with E-state index in [2.05, 4.69) is 31.9 Å². The fourth-order valence-corrected chi connectivity index (χ4v) is 4.78. The molecule has 11 heteroatoms. The number of nitriles is 2. The summed E-state index contributed by atoms with van der Waals surface area (Å²) in [4.78, 5) is 7.17. The van der Waals surface area contributed by atoms with Crippen LogP contribution in [0.2, 0.25) is 0 Å². The van der Waals surface area contributed by atoms with Crippen molar-refractivity contribution < 1.29 is 4.74 Å². The molecule has 0 N–H and O–H groups in total. The molecule has 1 saturated heterocycles. The van der Waals surface area contributed by atoms with Crippen LogP contribution in [0, 0.1) is 29.7 Å². The van der Waals surface area contributed by atoms with Gasteiger partial charge in [0.1, 0.15) is 29.2 Å². The van der Waals surface area contributed by atoms with Gasteiger partial charge >= 0.3 is 0 Å². The van der Waals surface area contributed by atoms with Gasteiger partial charge in [-0.3, -0.25) is 4.40 Å². The Morgan fingerprint density at radius 2 is 2.06 bits per heavy atom. The van der Waals surface area contributed by atoms with Gasteiger partial charge in [-0.05, 0) is 50.4 Å². The number of rotatable bonds is 5. The zero-order valence-corrected chi connectivity index (χ0v) is 19.0. The summed E-state index contributed by atoms with van der Waals surface area (Å²) in [5.74, 6) is 0.508. The van der Waals surface area contributed by atoms with E-state index in [1.807, 2.05) is 36.7 Å². The van der Waals surface area contributed by atoms with E-state index in [-0.39, 0.29) is 12.1 Å². The van der Waals surface area contributed by atoms with Crippen molar-refractivity contribution in [3.8, 4) is 29.4 Å². The summed E-state index contributed by atoms with van der Waals surface area (Å²) in [6.07, 6.45) is 6.95. The van der Waals surface area contributed by atoms with E-state index < -0.39 is 0 Å². The molecule has 1 aliphatic rings. The van der Waals surface area contributed by atoms with Gasteiger partial charge < -0.3 is 9.64 Å². The first-order chi connectivity index (χ1) is 16.1. The minimum absolute atomic E-state index is 0.207. The highest BCUT2D eigenvalue weighted by Gasteiger charge is 2.25. The third-order valence-corrected chi connectivity index (χ3v) is 6.90. The summed E-state index contributed by atoms with van der Waals surface area (Å²) in [7, 11) is 0. The second kappa shape index (κ2) is 8.52. The van der Waals surface area contributed by atoms with Crippen LogP contribution in [-0.4, -0.2) is 46.7 Å². The molecule has 0 aromatic carbocycles. The van der Waals surface area contributed by atoms with Gasteiger partial charge in [-0.1, -0.05) is 5.21 Å². The van der Waals surface area contributed by atoms with E-state index in [1.165, 1.54) is 17.7 Å². The van der Waals surface area contributed by atoms with Crippen LogP contribution < -0.4 is 4.74 Å². The summed E-state index contributed by atoms with van der Waals surface area (Å²) in [6.45, 7) is 5.40. The molecular weight excluding hydrogens is 438 g/mol. The summed E-state index contributed by atoms with van der Waals surface area (Å²) in [5.41, 5.74) is 3.52. The average Bonchev–Trinajstić information content (AvgIpc) is 3.59. The predicted molar refractivity (Wildman–Crippen MR) is 120 cm³/mol. The highest BCUT2D eigenvalue weighted by atomic mass is 32.1. The fraction of sp³-hybridized carbons (Fsp3) is 0.364.